The van der Waals surface area contributed by atoms with Crippen LogP contribution in [0, 0.1) is 12.8 Å². The van der Waals surface area contributed by atoms with E-state index < -0.39 is 27.8 Å². The number of sulfonamides is 1. The van der Waals surface area contributed by atoms with Crippen molar-refractivity contribution < 1.29 is 32.4 Å². The van der Waals surface area contributed by atoms with Crippen LogP contribution in [-0.2, 0) is 19.6 Å². The van der Waals surface area contributed by atoms with Gasteiger partial charge in [-0.25, -0.2) is 8.42 Å². The minimum atomic E-state index is -3.97. The second-order valence-corrected chi connectivity index (χ2v) is 9.36. The predicted molar refractivity (Wildman–Crippen MR) is 121 cm³/mol. The third-order valence-corrected chi connectivity index (χ3v) is 6.70. The number of carboxylic acid groups (broad SMARTS) is 1. The minimum absolute atomic E-state index is 0.0332. The number of hydrogen-bond donors (Lipinski definition) is 3. The Kier molecular flexibility index (Phi) is 6.07. The molecule has 176 valence electrons. The number of anilines is 3. The van der Waals surface area contributed by atoms with E-state index in [1.165, 1.54) is 47.5 Å². The van der Waals surface area contributed by atoms with Crippen LogP contribution >= 0.6 is 0 Å². The number of aryl methyl sites for hydroxylation is 1. The van der Waals surface area contributed by atoms with Crippen molar-refractivity contribution in [2.24, 2.45) is 5.92 Å². The molecular formula is C22H20N4O7S. The molecule has 2 heterocycles. The molecule has 3 aromatic rings. The molecule has 2 aromatic carbocycles. The first-order valence-electron chi connectivity index (χ1n) is 10.1. The number of nitrogens with one attached hydrogen (secondary N) is 2. The first-order valence-corrected chi connectivity index (χ1v) is 11.6. The molecule has 12 heteroatoms. The van der Waals surface area contributed by atoms with Crippen molar-refractivity contribution in [2.75, 3.05) is 21.5 Å². The van der Waals surface area contributed by atoms with E-state index in [-0.39, 0.29) is 35.0 Å². The smallest absolute Gasteiger partial charge is 0.308 e. The van der Waals surface area contributed by atoms with Crippen LogP contribution in [0.1, 0.15) is 22.5 Å². The average molecular weight is 484 g/mol. The van der Waals surface area contributed by atoms with Crippen LogP contribution in [0.5, 0.6) is 0 Å². The number of aliphatic carboxylic acids is 1. The Bertz CT molecular complexity index is 1370. The second kappa shape index (κ2) is 8.98. The van der Waals surface area contributed by atoms with Crippen LogP contribution in [-0.4, -0.2) is 43.0 Å². The van der Waals surface area contributed by atoms with Gasteiger partial charge in [0.1, 0.15) is 11.3 Å². The number of rotatable bonds is 7. The van der Waals surface area contributed by atoms with Gasteiger partial charge in [-0.1, -0.05) is 11.2 Å². The molecular weight excluding hydrogens is 464 g/mol. The number of aromatic nitrogens is 1. The van der Waals surface area contributed by atoms with Crippen molar-refractivity contribution in [3.05, 3.63) is 66.1 Å². The van der Waals surface area contributed by atoms with Gasteiger partial charge in [-0.05, 0) is 49.4 Å². The molecule has 1 atom stereocenters. The number of amides is 2. The number of benzene rings is 2. The van der Waals surface area contributed by atoms with Crippen molar-refractivity contribution in [3.63, 3.8) is 0 Å². The molecule has 0 radical (unpaired) electrons. The molecule has 1 aliphatic rings. The van der Waals surface area contributed by atoms with E-state index >= 15 is 0 Å². The fourth-order valence-electron chi connectivity index (χ4n) is 3.52. The van der Waals surface area contributed by atoms with E-state index in [0.29, 0.717) is 17.1 Å². The minimum Gasteiger partial charge on any atom is -0.481 e. The van der Waals surface area contributed by atoms with E-state index in [0.717, 1.165) is 0 Å². The molecule has 4 rings (SSSR count). The fourth-order valence-corrected chi connectivity index (χ4v) is 4.57. The van der Waals surface area contributed by atoms with Crippen LogP contribution in [0.3, 0.4) is 0 Å². The molecule has 1 unspecified atom stereocenters. The normalized spacial score (nSPS) is 15.9. The quantitative estimate of drug-likeness (QED) is 0.461. The van der Waals surface area contributed by atoms with Crippen molar-refractivity contribution in [1.29, 1.82) is 0 Å². The summed E-state index contributed by atoms with van der Waals surface area (Å²) in [5.74, 6) is -2.27. The standard InChI is InChI=1S/C22H20N4O7S/c1-13-19(11-23-33-13)21(28)24-15-3-2-4-16(10-15)25-34(31,32)18-7-5-17(6-8-18)26-12-14(22(29)30)9-20(26)27/h2-8,10-11,14,25H,9,12H2,1H3,(H,24,28)(H,29,30). The molecule has 11 nitrogen and oxygen atoms in total. The van der Waals surface area contributed by atoms with Gasteiger partial charge in [0.05, 0.1) is 22.7 Å². The first-order chi connectivity index (χ1) is 16.1. The Morgan fingerprint density at radius 1 is 1.15 bits per heavy atom. The largest absolute Gasteiger partial charge is 0.481 e. The summed E-state index contributed by atoms with van der Waals surface area (Å²) in [5.41, 5.74) is 1.27. The topological polar surface area (TPSA) is 159 Å². The van der Waals surface area contributed by atoms with Gasteiger partial charge in [0.2, 0.25) is 5.91 Å². The van der Waals surface area contributed by atoms with Gasteiger partial charge >= 0.3 is 5.97 Å². The molecule has 1 saturated heterocycles. The Morgan fingerprint density at radius 3 is 2.47 bits per heavy atom. The Labute approximate surface area is 194 Å². The SMILES string of the molecule is Cc1oncc1C(=O)Nc1cccc(NS(=O)(=O)c2ccc(N3CC(C(=O)O)CC3=O)cc2)c1. The van der Waals surface area contributed by atoms with Gasteiger partial charge < -0.3 is 19.8 Å². The fraction of sp³-hybridized carbons (Fsp3) is 0.182. The van der Waals surface area contributed by atoms with Gasteiger partial charge in [-0.2, -0.15) is 0 Å². The third-order valence-electron chi connectivity index (χ3n) is 5.30. The molecule has 2 amide bonds. The number of nitrogens with zero attached hydrogens (tertiary/aromatic N) is 2. The van der Waals surface area contributed by atoms with Crippen LogP contribution in [0.2, 0.25) is 0 Å². The second-order valence-electron chi connectivity index (χ2n) is 7.67. The number of hydrogen-bond acceptors (Lipinski definition) is 7. The molecule has 34 heavy (non-hydrogen) atoms. The monoisotopic (exact) mass is 484 g/mol. The summed E-state index contributed by atoms with van der Waals surface area (Å²) in [4.78, 5) is 36.9. The number of carboxylic acids is 1. The molecule has 3 N–H and O–H groups in total. The summed E-state index contributed by atoms with van der Waals surface area (Å²) in [5, 5.41) is 15.3. The molecule has 0 spiro atoms. The number of carbonyl (C=O) groups excluding carboxylic acids is 2. The summed E-state index contributed by atoms with van der Waals surface area (Å²) in [7, 11) is -3.97. The van der Waals surface area contributed by atoms with Gasteiger partial charge in [-0.15, -0.1) is 0 Å². The maximum Gasteiger partial charge on any atom is 0.308 e. The lowest BCUT2D eigenvalue weighted by Gasteiger charge is -2.17. The molecule has 1 fully saturated rings. The lowest BCUT2D eigenvalue weighted by molar-refractivity contribution is -0.141. The number of carbonyl (C=O) groups is 3. The van der Waals surface area contributed by atoms with Gasteiger partial charge in [-0.3, -0.25) is 19.1 Å². The van der Waals surface area contributed by atoms with E-state index in [1.807, 2.05) is 0 Å². The van der Waals surface area contributed by atoms with Gasteiger partial charge in [0.15, 0.2) is 0 Å². The zero-order chi connectivity index (χ0) is 24.5. The Morgan fingerprint density at radius 2 is 1.85 bits per heavy atom. The zero-order valence-electron chi connectivity index (χ0n) is 17.9. The summed E-state index contributed by atoms with van der Waals surface area (Å²) in [6, 6.07) is 11.7. The highest BCUT2D eigenvalue weighted by atomic mass is 32.2. The van der Waals surface area contributed by atoms with Crippen LogP contribution in [0.25, 0.3) is 0 Å². The molecule has 0 aliphatic carbocycles. The highest BCUT2D eigenvalue weighted by molar-refractivity contribution is 7.92. The zero-order valence-corrected chi connectivity index (χ0v) is 18.7. The lowest BCUT2D eigenvalue weighted by atomic mass is 10.1. The van der Waals surface area contributed by atoms with Crippen LogP contribution in [0.4, 0.5) is 17.1 Å². The van der Waals surface area contributed by atoms with E-state index in [1.54, 1.807) is 19.1 Å². The maximum atomic E-state index is 12.8. The predicted octanol–water partition coefficient (Wildman–Crippen LogP) is 2.47. The molecule has 1 aromatic heterocycles. The highest BCUT2D eigenvalue weighted by Gasteiger charge is 2.35. The lowest BCUT2D eigenvalue weighted by Crippen LogP contribution is -2.25. The van der Waals surface area contributed by atoms with Crippen LogP contribution < -0.4 is 14.9 Å². The van der Waals surface area contributed by atoms with E-state index in [9.17, 15) is 22.8 Å². The van der Waals surface area contributed by atoms with Crippen molar-refractivity contribution in [1.82, 2.24) is 5.16 Å². The van der Waals surface area contributed by atoms with Crippen molar-refractivity contribution in [2.45, 2.75) is 18.2 Å². The van der Waals surface area contributed by atoms with Crippen LogP contribution in [0.15, 0.2) is 64.1 Å². The average Bonchev–Trinajstić information content (AvgIpc) is 3.39. The molecule has 0 saturated carbocycles. The van der Waals surface area contributed by atoms with E-state index in [2.05, 4.69) is 15.2 Å². The summed E-state index contributed by atoms with van der Waals surface area (Å²) < 4.78 is 33.0. The highest BCUT2D eigenvalue weighted by Crippen LogP contribution is 2.27. The first kappa shape index (κ1) is 23.0. The van der Waals surface area contributed by atoms with Gasteiger partial charge in [0.25, 0.3) is 15.9 Å². The maximum absolute atomic E-state index is 12.8. The summed E-state index contributed by atoms with van der Waals surface area (Å²) >= 11 is 0. The summed E-state index contributed by atoms with van der Waals surface area (Å²) in [6.07, 6.45) is 1.19. The van der Waals surface area contributed by atoms with Gasteiger partial charge in [0, 0.05) is 24.3 Å². The Hall–Kier alpha value is -4.19. The van der Waals surface area contributed by atoms with Crippen molar-refractivity contribution >= 4 is 44.9 Å². The Balaban J connectivity index is 1.46. The van der Waals surface area contributed by atoms with E-state index in [4.69, 9.17) is 9.63 Å². The summed E-state index contributed by atoms with van der Waals surface area (Å²) in [6.45, 7) is 1.63. The molecule has 1 aliphatic heterocycles. The molecule has 0 bridgehead atoms. The van der Waals surface area contributed by atoms with Crippen molar-refractivity contribution in [3.8, 4) is 0 Å². The third kappa shape index (κ3) is 4.76.